The summed E-state index contributed by atoms with van der Waals surface area (Å²) in [5, 5.41) is 11.0. The number of benzene rings is 2. The third-order valence-electron chi connectivity index (χ3n) is 5.61. The molecule has 1 aromatic heterocycles. The van der Waals surface area contributed by atoms with Crippen LogP contribution in [0, 0.1) is 10.1 Å². The highest BCUT2D eigenvalue weighted by Gasteiger charge is 2.28. The number of nitrogens with zero attached hydrogens (tertiary/aromatic N) is 3. The summed E-state index contributed by atoms with van der Waals surface area (Å²) in [6.07, 6.45) is 3.15. The lowest BCUT2D eigenvalue weighted by molar-refractivity contribution is -0.384. The van der Waals surface area contributed by atoms with Crippen LogP contribution >= 0.6 is 0 Å². The Labute approximate surface area is 175 Å². The van der Waals surface area contributed by atoms with Crippen molar-refractivity contribution in [1.82, 2.24) is 9.47 Å². The molecule has 30 heavy (non-hydrogen) atoms. The molecule has 156 valence electrons. The largest absolute Gasteiger partial charge is 0.493 e. The van der Waals surface area contributed by atoms with Crippen molar-refractivity contribution in [3.05, 3.63) is 87.7 Å². The molecule has 0 radical (unpaired) electrons. The molecule has 0 amide bonds. The number of hydrogen-bond acceptors (Lipinski definition) is 5. The van der Waals surface area contributed by atoms with Crippen molar-refractivity contribution in [2.45, 2.75) is 25.6 Å². The number of methoxy groups -OCH3 is 2. The van der Waals surface area contributed by atoms with E-state index in [2.05, 4.69) is 33.9 Å². The first kappa shape index (κ1) is 20.0. The molecule has 4 rings (SSSR count). The molecule has 0 aliphatic carbocycles. The summed E-state index contributed by atoms with van der Waals surface area (Å²) in [6, 6.07) is 17.2. The minimum absolute atomic E-state index is 0.0394. The molecule has 0 N–H and O–H groups in total. The second kappa shape index (κ2) is 8.59. The smallest absolute Gasteiger partial charge is 0.269 e. The van der Waals surface area contributed by atoms with Crippen LogP contribution in [-0.2, 0) is 13.1 Å². The van der Waals surface area contributed by atoms with Crippen LogP contribution in [0.4, 0.5) is 5.69 Å². The molecule has 2 heterocycles. The van der Waals surface area contributed by atoms with Gasteiger partial charge < -0.3 is 14.0 Å². The van der Waals surface area contributed by atoms with Gasteiger partial charge in [0.1, 0.15) is 0 Å². The number of non-ortho nitro benzene ring substituents is 1. The Bertz CT molecular complexity index is 1030. The van der Waals surface area contributed by atoms with Crippen molar-refractivity contribution in [3.63, 3.8) is 0 Å². The Hall–Kier alpha value is -3.32. The molecule has 1 atom stereocenters. The standard InChI is InChI=1S/C23H25N3O4/c1-29-21-11-8-18(15-22(21)30-2)23-20-5-3-12-24(20)13-4-14-25(23)16-17-6-9-19(10-7-17)26(27)28/h3,5-12,15,23H,4,13-14,16H2,1-2H3. The van der Waals surface area contributed by atoms with Crippen LogP contribution < -0.4 is 9.47 Å². The topological polar surface area (TPSA) is 69.8 Å². The second-order valence-electron chi connectivity index (χ2n) is 7.39. The van der Waals surface area contributed by atoms with E-state index in [1.165, 1.54) is 5.69 Å². The zero-order chi connectivity index (χ0) is 21.1. The van der Waals surface area contributed by atoms with Gasteiger partial charge in [0.15, 0.2) is 11.5 Å². The van der Waals surface area contributed by atoms with Crippen molar-refractivity contribution >= 4 is 5.69 Å². The van der Waals surface area contributed by atoms with Crippen LogP contribution in [-0.4, -0.2) is 35.2 Å². The number of hydrogen-bond donors (Lipinski definition) is 0. The van der Waals surface area contributed by atoms with Gasteiger partial charge in [0, 0.05) is 43.7 Å². The Kier molecular flexibility index (Phi) is 5.72. The summed E-state index contributed by atoms with van der Waals surface area (Å²) < 4.78 is 13.3. The highest BCUT2D eigenvalue weighted by molar-refractivity contribution is 5.45. The van der Waals surface area contributed by atoms with Gasteiger partial charge in [-0.05, 0) is 41.8 Å². The molecule has 0 saturated heterocycles. The van der Waals surface area contributed by atoms with Crippen molar-refractivity contribution < 1.29 is 14.4 Å². The number of fused-ring (bicyclic) bond motifs is 1. The first-order valence-corrected chi connectivity index (χ1v) is 9.95. The molecule has 1 unspecified atom stereocenters. The number of rotatable bonds is 6. The SMILES string of the molecule is COc1ccc(C2c3cccn3CCCN2Cc2ccc([N+](=O)[O-])cc2)cc1OC. The molecule has 0 spiro atoms. The van der Waals surface area contributed by atoms with Gasteiger partial charge in [-0.3, -0.25) is 15.0 Å². The van der Waals surface area contributed by atoms with Crippen LogP contribution in [0.5, 0.6) is 11.5 Å². The Morgan fingerprint density at radius 1 is 1.03 bits per heavy atom. The van der Waals surface area contributed by atoms with Gasteiger partial charge in [-0.25, -0.2) is 0 Å². The molecule has 3 aromatic rings. The summed E-state index contributed by atoms with van der Waals surface area (Å²) in [4.78, 5) is 13.0. The Morgan fingerprint density at radius 3 is 2.50 bits per heavy atom. The Morgan fingerprint density at radius 2 is 1.80 bits per heavy atom. The van der Waals surface area contributed by atoms with E-state index in [-0.39, 0.29) is 16.7 Å². The van der Waals surface area contributed by atoms with E-state index in [9.17, 15) is 10.1 Å². The van der Waals surface area contributed by atoms with Crippen LogP contribution in [0.1, 0.15) is 29.3 Å². The summed E-state index contributed by atoms with van der Waals surface area (Å²) in [7, 11) is 3.28. The van der Waals surface area contributed by atoms with Crippen molar-refractivity contribution in [2.24, 2.45) is 0 Å². The number of ether oxygens (including phenoxy) is 2. The average molecular weight is 407 g/mol. The first-order valence-electron chi connectivity index (χ1n) is 9.95. The minimum atomic E-state index is -0.366. The van der Waals surface area contributed by atoms with Crippen LogP contribution in [0.2, 0.25) is 0 Å². The molecule has 1 aliphatic heterocycles. The predicted molar refractivity (Wildman–Crippen MR) is 114 cm³/mol. The molecule has 0 saturated carbocycles. The Balaban J connectivity index is 1.72. The highest BCUT2D eigenvalue weighted by Crippen LogP contribution is 2.37. The van der Waals surface area contributed by atoms with E-state index < -0.39 is 0 Å². The maximum Gasteiger partial charge on any atom is 0.269 e. The fraction of sp³-hybridized carbons (Fsp3) is 0.304. The summed E-state index contributed by atoms with van der Waals surface area (Å²) >= 11 is 0. The van der Waals surface area contributed by atoms with Gasteiger partial charge in [-0.1, -0.05) is 18.2 Å². The van der Waals surface area contributed by atoms with E-state index in [0.29, 0.717) is 18.0 Å². The molecule has 1 aliphatic rings. The van der Waals surface area contributed by atoms with E-state index in [0.717, 1.165) is 30.6 Å². The molecule has 7 heteroatoms. The minimum Gasteiger partial charge on any atom is -0.493 e. The fourth-order valence-corrected chi connectivity index (χ4v) is 4.17. The molecule has 7 nitrogen and oxygen atoms in total. The fourth-order valence-electron chi connectivity index (χ4n) is 4.17. The summed E-state index contributed by atoms with van der Waals surface area (Å²) in [6.45, 7) is 2.57. The quantitative estimate of drug-likeness (QED) is 0.447. The maximum atomic E-state index is 11.0. The average Bonchev–Trinajstić information content (AvgIpc) is 3.15. The van der Waals surface area contributed by atoms with Gasteiger partial charge >= 0.3 is 0 Å². The molecule has 0 fully saturated rings. The van der Waals surface area contributed by atoms with Crippen molar-refractivity contribution in [2.75, 3.05) is 20.8 Å². The monoisotopic (exact) mass is 407 g/mol. The number of nitro benzene ring substituents is 1. The number of aromatic nitrogens is 1. The summed E-state index contributed by atoms with van der Waals surface area (Å²) in [5.74, 6) is 1.40. The van der Waals surface area contributed by atoms with Gasteiger partial charge in [-0.2, -0.15) is 0 Å². The lowest BCUT2D eigenvalue weighted by Crippen LogP contribution is -2.29. The second-order valence-corrected chi connectivity index (χ2v) is 7.39. The first-order chi connectivity index (χ1) is 14.6. The zero-order valence-corrected chi connectivity index (χ0v) is 17.2. The summed E-state index contributed by atoms with van der Waals surface area (Å²) in [5.41, 5.74) is 3.50. The van der Waals surface area contributed by atoms with Crippen molar-refractivity contribution in [1.29, 1.82) is 0 Å². The van der Waals surface area contributed by atoms with Crippen molar-refractivity contribution in [3.8, 4) is 11.5 Å². The van der Waals surface area contributed by atoms with E-state index in [4.69, 9.17) is 9.47 Å². The third kappa shape index (κ3) is 3.89. The third-order valence-corrected chi connectivity index (χ3v) is 5.61. The number of nitro groups is 1. The molecular weight excluding hydrogens is 382 g/mol. The highest BCUT2D eigenvalue weighted by atomic mass is 16.6. The lowest BCUT2D eigenvalue weighted by atomic mass is 10.00. The number of aryl methyl sites for hydroxylation is 1. The maximum absolute atomic E-state index is 11.0. The molecule has 2 aromatic carbocycles. The predicted octanol–water partition coefficient (Wildman–Crippen LogP) is 4.41. The van der Waals surface area contributed by atoms with Gasteiger partial charge in [-0.15, -0.1) is 0 Å². The van der Waals surface area contributed by atoms with Crippen LogP contribution in [0.25, 0.3) is 0 Å². The van der Waals surface area contributed by atoms with Gasteiger partial charge in [0.05, 0.1) is 25.2 Å². The van der Waals surface area contributed by atoms with Gasteiger partial charge in [0.25, 0.3) is 5.69 Å². The van der Waals surface area contributed by atoms with Crippen LogP contribution in [0.3, 0.4) is 0 Å². The normalized spacial score (nSPS) is 16.5. The van der Waals surface area contributed by atoms with Crippen LogP contribution in [0.15, 0.2) is 60.8 Å². The molecular formula is C23H25N3O4. The van der Waals surface area contributed by atoms with E-state index in [1.54, 1.807) is 26.4 Å². The lowest BCUT2D eigenvalue weighted by Gasteiger charge is -2.31. The zero-order valence-electron chi connectivity index (χ0n) is 17.2. The van der Waals surface area contributed by atoms with E-state index in [1.807, 2.05) is 24.3 Å². The molecule has 0 bridgehead atoms. The van der Waals surface area contributed by atoms with Gasteiger partial charge in [0.2, 0.25) is 0 Å². The van der Waals surface area contributed by atoms with E-state index >= 15 is 0 Å².